The van der Waals surface area contributed by atoms with Crippen LogP contribution in [0, 0.1) is 0 Å². The monoisotopic (exact) mass is 326 g/mol. The summed E-state index contributed by atoms with van der Waals surface area (Å²) in [6.45, 7) is 8.56. The number of hydrogen-bond donors (Lipinski definition) is 2. The van der Waals surface area contributed by atoms with E-state index < -0.39 is 17.7 Å². The average molecular weight is 326 g/mol. The number of carbonyl (C=O) groups excluding carboxylic acids is 2. The maximum atomic E-state index is 11.6. The number of alkyl carbamates (subject to hydrolysis) is 1. The Morgan fingerprint density at radius 2 is 2.00 bits per heavy atom. The lowest BCUT2D eigenvalue weighted by atomic mass is 10.2. The number of esters is 1. The highest BCUT2D eigenvalue weighted by Crippen LogP contribution is 2.09. The third-order valence-corrected chi connectivity index (χ3v) is 2.86. The molecule has 1 aromatic heterocycles. The van der Waals surface area contributed by atoms with Gasteiger partial charge in [-0.3, -0.25) is 0 Å². The minimum absolute atomic E-state index is 0.0143. The summed E-state index contributed by atoms with van der Waals surface area (Å²) in [5.41, 5.74) is -0.501. The Bertz CT molecular complexity index is 519. The molecule has 1 atom stereocenters. The zero-order valence-corrected chi connectivity index (χ0v) is 14.4. The van der Waals surface area contributed by atoms with E-state index in [-0.39, 0.29) is 11.8 Å². The fourth-order valence-corrected chi connectivity index (χ4v) is 1.79. The molecule has 7 nitrogen and oxygen atoms in total. The first-order chi connectivity index (χ1) is 10.7. The van der Waals surface area contributed by atoms with E-state index in [0.717, 1.165) is 6.42 Å². The maximum Gasteiger partial charge on any atom is 0.407 e. The van der Waals surface area contributed by atoms with Crippen LogP contribution in [0.5, 0.6) is 0 Å². The second-order valence-corrected chi connectivity index (χ2v) is 6.27. The van der Waals surface area contributed by atoms with Crippen LogP contribution in [0.2, 0.25) is 0 Å². The van der Waals surface area contributed by atoms with Crippen molar-refractivity contribution in [1.82, 2.24) is 10.6 Å². The van der Waals surface area contributed by atoms with Crippen LogP contribution in [0.3, 0.4) is 0 Å². The molecule has 1 aromatic rings. The molecule has 0 spiro atoms. The smallest absolute Gasteiger partial charge is 0.407 e. The number of furan rings is 1. The van der Waals surface area contributed by atoms with Crippen molar-refractivity contribution >= 4 is 12.1 Å². The molecule has 0 saturated heterocycles. The van der Waals surface area contributed by atoms with Crippen LogP contribution in [0.25, 0.3) is 0 Å². The number of nitrogens with one attached hydrogen (secondary N) is 2. The van der Waals surface area contributed by atoms with E-state index in [9.17, 15) is 9.59 Å². The van der Waals surface area contributed by atoms with E-state index in [0.29, 0.717) is 18.8 Å². The third kappa shape index (κ3) is 7.69. The summed E-state index contributed by atoms with van der Waals surface area (Å²) < 4.78 is 15.1. The normalized spacial score (nSPS) is 12.6. The molecule has 0 aliphatic heterocycles. The van der Waals surface area contributed by atoms with Gasteiger partial charge in [-0.2, -0.15) is 0 Å². The molecule has 1 unspecified atom stereocenters. The van der Waals surface area contributed by atoms with Crippen LogP contribution in [-0.2, 0) is 16.0 Å². The second kappa shape index (κ2) is 8.57. The van der Waals surface area contributed by atoms with Gasteiger partial charge in [0.1, 0.15) is 11.4 Å². The van der Waals surface area contributed by atoms with Gasteiger partial charge in [0, 0.05) is 6.04 Å². The molecule has 0 fully saturated rings. The lowest BCUT2D eigenvalue weighted by Gasteiger charge is -2.22. The zero-order chi connectivity index (χ0) is 17.5. The quantitative estimate of drug-likeness (QED) is 0.591. The van der Waals surface area contributed by atoms with Gasteiger partial charge in [-0.25, -0.2) is 9.59 Å². The lowest BCUT2D eigenvalue weighted by molar-refractivity contribution is 0.0505. The van der Waals surface area contributed by atoms with Crippen molar-refractivity contribution in [2.45, 2.75) is 52.3 Å². The zero-order valence-electron chi connectivity index (χ0n) is 14.4. The van der Waals surface area contributed by atoms with Gasteiger partial charge in [0.15, 0.2) is 0 Å². The molecule has 0 aliphatic rings. The van der Waals surface area contributed by atoms with E-state index in [4.69, 9.17) is 9.15 Å². The highest BCUT2D eigenvalue weighted by Gasteiger charge is 2.17. The van der Waals surface area contributed by atoms with Crippen LogP contribution < -0.4 is 10.6 Å². The van der Waals surface area contributed by atoms with Crippen LogP contribution in [-0.4, -0.2) is 37.4 Å². The van der Waals surface area contributed by atoms with Gasteiger partial charge >= 0.3 is 12.1 Å². The molecule has 0 saturated carbocycles. The Hall–Kier alpha value is -2.02. The van der Waals surface area contributed by atoms with E-state index in [1.165, 1.54) is 7.11 Å². The molecule has 0 radical (unpaired) electrons. The molecule has 2 N–H and O–H groups in total. The van der Waals surface area contributed by atoms with Gasteiger partial charge in [-0.05, 0) is 52.8 Å². The van der Waals surface area contributed by atoms with Gasteiger partial charge in [-0.1, -0.05) is 0 Å². The van der Waals surface area contributed by atoms with Crippen LogP contribution in [0.4, 0.5) is 4.79 Å². The molecule has 1 rings (SSSR count). The Kier molecular flexibility index (Phi) is 7.09. The second-order valence-electron chi connectivity index (χ2n) is 6.27. The molecule has 7 heteroatoms. The van der Waals surface area contributed by atoms with Crippen molar-refractivity contribution in [3.63, 3.8) is 0 Å². The van der Waals surface area contributed by atoms with Crippen LogP contribution >= 0.6 is 0 Å². The van der Waals surface area contributed by atoms with Gasteiger partial charge < -0.3 is 24.5 Å². The van der Waals surface area contributed by atoms with E-state index in [2.05, 4.69) is 15.4 Å². The Balaban J connectivity index is 2.22. The summed E-state index contributed by atoms with van der Waals surface area (Å²) in [5, 5.41) is 5.96. The maximum absolute atomic E-state index is 11.6. The molecular formula is C16H26N2O5. The Morgan fingerprint density at radius 3 is 2.61 bits per heavy atom. The van der Waals surface area contributed by atoms with Crippen molar-refractivity contribution in [3.05, 3.63) is 23.7 Å². The highest BCUT2D eigenvalue weighted by atomic mass is 16.6. The summed E-state index contributed by atoms with van der Waals surface area (Å²) in [7, 11) is 1.31. The van der Waals surface area contributed by atoms with E-state index >= 15 is 0 Å². The first-order valence-electron chi connectivity index (χ1n) is 7.58. The highest BCUT2D eigenvalue weighted by molar-refractivity contribution is 5.86. The third-order valence-electron chi connectivity index (χ3n) is 2.86. The van der Waals surface area contributed by atoms with Gasteiger partial charge in [-0.15, -0.1) is 0 Å². The van der Waals surface area contributed by atoms with Crippen molar-refractivity contribution in [2.75, 3.05) is 13.7 Å². The SMILES string of the molecule is COC(=O)c1ccc(CNCCC(C)NC(=O)OC(C)(C)C)o1. The van der Waals surface area contributed by atoms with E-state index in [1.54, 1.807) is 12.1 Å². The Labute approximate surface area is 136 Å². The van der Waals surface area contributed by atoms with Crippen LogP contribution in [0.15, 0.2) is 16.5 Å². The number of carbonyl (C=O) groups is 2. The first kappa shape index (κ1) is 19.0. The fraction of sp³-hybridized carbons (Fsp3) is 0.625. The summed E-state index contributed by atoms with van der Waals surface area (Å²) in [5.74, 6) is 0.342. The Morgan fingerprint density at radius 1 is 1.30 bits per heavy atom. The largest absolute Gasteiger partial charge is 0.463 e. The van der Waals surface area contributed by atoms with Crippen LogP contribution in [0.1, 0.15) is 50.4 Å². The number of amides is 1. The summed E-state index contributed by atoms with van der Waals surface area (Å²) in [6.07, 6.45) is 0.322. The fourth-order valence-electron chi connectivity index (χ4n) is 1.79. The lowest BCUT2D eigenvalue weighted by Crippen LogP contribution is -2.38. The van der Waals surface area contributed by atoms with Crippen molar-refractivity contribution in [3.8, 4) is 0 Å². The van der Waals surface area contributed by atoms with Crippen molar-refractivity contribution in [1.29, 1.82) is 0 Å². The standard InChI is InChI=1S/C16H26N2O5/c1-11(18-15(20)23-16(2,3)4)8-9-17-10-12-6-7-13(22-12)14(19)21-5/h6-7,11,17H,8-10H2,1-5H3,(H,18,20). The first-order valence-corrected chi connectivity index (χ1v) is 7.58. The summed E-state index contributed by atoms with van der Waals surface area (Å²) >= 11 is 0. The molecule has 0 bridgehead atoms. The van der Waals surface area contributed by atoms with Crippen molar-refractivity contribution < 1.29 is 23.5 Å². The molecule has 1 amide bonds. The number of hydrogen-bond acceptors (Lipinski definition) is 6. The average Bonchev–Trinajstić information content (AvgIpc) is 2.89. The number of ether oxygens (including phenoxy) is 2. The van der Waals surface area contributed by atoms with Gasteiger partial charge in [0.25, 0.3) is 0 Å². The predicted octanol–water partition coefficient (Wildman–Crippen LogP) is 2.46. The topological polar surface area (TPSA) is 89.8 Å². The molecule has 23 heavy (non-hydrogen) atoms. The molecule has 0 aliphatic carbocycles. The van der Waals surface area contributed by atoms with Gasteiger partial charge in [0.05, 0.1) is 13.7 Å². The molecule has 130 valence electrons. The number of rotatable bonds is 7. The predicted molar refractivity (Wildman–Crippen MR) is 85.2 cm³/mol. The molecule has 0 aromatic carbocycles. The van der Waals surface area contributed by atoms with E-state index in [1.807, 2.05) is 27.7 Å². The summed E-state index contributed by atoms with van der Waals surface area (Å²) in [6, 6.07) is 3.29. The molecular weight excluding hydrogens is 300 g/mol. The minimum atomic E-state index is -0.501. The summed E-state index contributed by atoms with van der Waals surface area (Å²) in [4.78, 5) is 22.9. The minimum Gasteiger partial charge on any atom is -0.463 e. The molecule has 1 heterocycles. The van der Waals surface area contributed by atoms with Gasteiger partial charge in [0.2, 0.25) is 5.76 Å². The number of methoxy groups -OCH3 is 1. The van der Waals surface area contributed by atoms with Crippen molar-refractivity contribution in [2.24, 2.45) is 0 Å².